The highest BCUT2D eigenvalue weighted by molar-refractivity contribution is 6.06. The summed E-state index contributed by atoms with van der Waals surface area (Å²) >= 11 is 0. The molecule has 0 spiro atoms. The number of carbonyl (C=O) groups is 1. The second kappa shape index (κ2) is 5.41. The minimum atomic E-state index is -0.0413. The van der Waals surface area contributed by atoms with Gasteiger partial charge in [-0.05, 0) is 42.0 Å². The van der Waals surface area contributed by atoms with Crippen molar-refractivity contribution in [2.75, 3.05) is 11.7 Å². The summed E-state index contributed by atoms with van der Waals surface area (Å²) in [7, 11) is 0. The van der Waals surface area contributed by atoms with Crippen LogP contribution in [-0.4, -0.2) is 17.3 Å². The van der Waals surface area contributed by atoms with E-state index in [1.54, 1.807) is 18.2 Å². The van der Waals surface area contributed by atoms with Gasteiger partial charge >= 0.3 is 0 Å². The maximum atomic E-state index is 13.3. The van der Waals surface area contributed by atoms with Crippen molar-refractivity contribution in [1.82, 2.24) is 4.57 Å². The Morgan fingerprint density at radius 2 is 1.80 bits per heavy atom. The molecule has 0 saturated heterocycles. The van der Waals surface area contributed by atoms with E-state index in [4.69, 9.17) is 9.47 Å². The number of aromatic nitrogens is 1. The van der Waals surface area contributed by atoms with Gasteiger partial charge in [0.2, 0.25) is 6.79 Å². The van der Waals surface area contributed by atoms with Crippen molar-refractivity contribution in [3.8, 4) is 11.5 Å². The van der Waals surface area contributed by atoms with Gasteiger partial charge in [0, 0.05) is 29.7 Å². The number of nitrogens with zero attached hydrogens (tertiary/aromatic N) is 2. The maximum Gasteiger partial charge on any atom is 0.258 e. The summed E-state index contributed by atoms with van der Waals surface area (Å²) in [5.41, 5.74) is 3.80. The number of para-hydroxylation sites is 1. The number of benzene rings is 2. The molecule has 3 heterocycles. The van der Waals surface area contributed by atoms with Gasteiger partial charge in [-0.15, -0.1) is 0 Å². The Balaban J connectivity index is 1.59. The Hall–Kier alpha value is -3.21. The van der Waals surface area contributed by atoms with Crippen LogP contribution in [0.3, 0.4) is 0 Å². The van der Waals surface area contributed by atoms with E-state index in [0.29, 0.717) is 23.6 Å². The minimum Gasteiger partial charge on any atom is -0.454 e. The van der Waals surface area contributed by atoms with Crippen molar-refractivity contribution in [3.05, 3.63) is 77.6 Å². The lowest BCUT2D eigenvalue weighted by Crippen LogP contribution is -2.30. The predicted molar refractivity (Wildman–Crippen MR) is 93.1 cm³/mol. The zero-order valence-electron chi connectivity index (χ0n) is 13.5. The van der Waals surface area contributed by atoms with E-state index in [9.17, 15) is 4.79 Å². The highest BCUT2D eigenvalue weighted by Crippen LogP contribution is 2.34. The fourth-order valence-corrected chi connectivity index (χ4v) is 3.45. The molecule has 1 amide bonds. The molecule has 124 valence electrons. The predicted octanol–water partition coefficient (Wildman–Crippen LogP) is 3.43. The number of anilines is 1. The summed E-state index contributed by atoms with van der Waals surface area (Å²) in [4.78, 5) is 15.1. The van der Waals surface area contributed by atoms with Gasteiger partial charge in [0.15, 0.2) is 11.5 Å². The molecule has 5 rings (SSSR count). The number of fused-ring (bicyclic) bond motifs is 3. The molecule has 0 bridgehead atoms. The molecule has 0 aliphatic carbocycles. The van der Waals surface area contributed by atoms with Crippen molar-refractivity contribution < 1.29 is 14.3 Å². The molecular weight excluding hydrogens is 316 g/mol. The van der Waals surface area contributed by atoms with Crippen LogP contribution in [0.2, 0.25) is 0 Å². The normalized spacial score (nSPS) is 14.6. The minimum absolute atomic E-state index is 0.0413. The smallest absolute Gasteiger partial charge is 0.258 e. The standard InChI is InChI=1S/C20H16N2O3/c23-20(14-7-8-18-19(10-14)25-13-24-18)22-12-16-5-3-9-21(16)11-15-4-1-2-6-17(15)22/h1-10H,11-13H2. The first-order chi connectivity index (χ1) is 12.3. The van der Waals surface area contributed by atoms with Crippen LogP contribution >= 0.6 is 0 Å². The lowest BCUT2D eigenvalue weighted by Gasteiger charge is -2.23. The summed E-state index contributed by atoms with van der Waals surface area (Å²) in [5.74, 6) is 1.26. The second-order valence-electron chi connectivity index (χ2n) is 6.22. The molecule has 0 fully saturated rings. The largest absolute Gasteiger partial charge is 0.454 e. The van der Waals surface area contributed by atoms with Crippen LogP contribution in [0.4, 0.5) is 5.69 Å². The van der Waals surface area contributed by atoms with Crippen molar-refractivity contribution in [1.29, 1.82) is 0 Å². The molecular formula is C20H16N2O3. The molecule has 0 radical (unpaired) electrons. The van der Waals surface area contributed by atoms with Crippen LogP contribution in [0.1, 0.15) is 21.6 Å². The number of amides is 1. The number of hydrogen-bond acceptors (Lipinski definition) is 3. The van der Waals surface area contributed by atoms with Gasteiger partial charge in [0.1, 0.15) is 0 Å². The third kappa shape index (κ3) is 2.28. The Bertz CT molecular complexity index is 977. The highest BCUT2D eigenvalue weighted by Gasteiger charge is 2.26. The van der Waals surface area contributed by atoms with E-state index in [1.807, 2.05) is 29.2 Å². The molecule has 2 aromatic carbocycles. The van der Waals surface area contributed by atoms with E-state index < -0.39 is 0 Å². The van der Waals surface area contributed by atoms with E-state index in [2.05, 4.69) is 22.9 Å². The Labute approximate surface area is 145 Å². The lowest BCUT2D eigenvalue weighted by molar-refractivity contribution is 0.0984. The molecule has 0 saturated carbocycles. The number of rotatable bonds is 1. The molecule has 0 atom stereocenters. The third-order valence-electron chi connectivity index (χ3n) is 4.73. The zero-order chi connectivity index (χ0) is 16.8. The van der Waals surface area contributed by atoms with E-state index in [1.165, 1.54) is 0 Å². The summed E-state index contributed by atoms with van der Waals surface area (Å²) in [6.45, 7) is 1.51. The van der Waals surface area contributed by atoms with Crippen molar-refractivity contribution in [2.45, 2.75) is 13.1 Å². The third-order valence-corrected chi connectivity index (χ3v) is 4.73. The van der Waals surface area contributed by atoms with Gasteiger partial charge in [-0.3, -0.25) is 4.79 Å². The van der Waals surface area contributed by atoms with Crippen LogP contribution < -0.4 is 14.4 Å². The Kier molecular flexibility index (Phi) is 3.06. The van der Waals surface area contributed by atoms with E-state index in [0.717, 1.165) is 23.5 Å². The van der Waals surface area contributed by atoms with Crippen molar-refractivity contribution in [2.24, 2.45) is 0 Å². The summed E-state index contributed by atoms with van der Waals surface area (Å²) in [5, 5.41) is 0. The molecule has 0 unspecified atom stereocenters. The molecule has 5 nitrogen and oxygen atoms in total. The Morgan fingerprint density at radius 1 is 0.920 bits per heavy atom. The van der Waals surface area contributed by atoms with Gasteiger partial charge < -0.3 is 18.9 Å². The van der Waals surface area contributed by atoms with Gasteiger partial charge in [-0.1, -0.05) is 18.2 Å². The number of carbonyl (C=O) groups excluding carboxylic acids is 1. The maximum absolute atomic E-state index is 13.3. The number of ether oxygens (including phenoxy) is 2. The fourth-order valence-electron chi connectivity index (χ4n) is 3.45. The molecule has 25 heavy (non-hydrogen) atoms. The quantitative estimate of drug-likeness (QED) is 0.686. The van der Waals surface area contributed by atoms with Gasteiger partial charge in [0.25, 0.3) is 5.91 Å². The fraction of sp³-hybridized carbons (Fsp3) is 0.150. The average molecular weight is 332 g/mol. The highest BCUT2D eigenvalue weighted by atomic mass is 16.7. The van der Waals surface area contributed by atoms with Gasteiger partial charge in [0.05, 0.1) is 6.54 Å². The topological polar surface area (TPSA) is 43.7 Å². The molecule has 0 N–H and O–H groups in total. The first-order valence-electron chi connectivity index (χ1n) is 8.23. The summed E-state index contributed by atoms with van der Waals surface area (Å²) in [6.07, 6.45) is 2.06. The molecule has 2 aliphatic heterocycles. The first-order valence-corrected chi connectivity index (χ1v) is 8.23. The summed E-state index contributed by atoms with van der Waals surface area (Å²) < 4.78 is 12.9. The van der Waals surface area contributed by atoms with Crippen molar-refractivity contribution >= 4 is 11.6 Å². The Morgan fingerprint density at radius 3 is 2.76 bits per heavy atom. The van der Waals surface area contributed by atoms with E-state index in [-0.39, 0.29) is 12.7 Å². The average Bonchev–Trinajstić information content (AvgIpc) is 3.25. The van der Waals surface area contributed by atoms with Crippen LogP contribution in [-0.2, 0) is 13.1 Å². The van der Waals surface area contributed by atoms with E-state index >= 15 is 0 Å². The lowest BCUT2D eigenvalue weighted by atomic mass is 10.1. The van der Waals surface area contributed by atoms with Crippen LogP contribution in [0.15, 0.2) is 60.8 Å². The zero-order valence-corrected chi connectivity index (χ0v) is 13.5. The van der Waals surface area contributed by atoms with Gasteiger partial charge in [-0.2, -0.15) is 0 Å². The van der Waals surface area contributed by atoms with Gasteiger partial charge in [-0.25, -0.2) is 0 Å². The number of hydrogen-bond donors (Lipinski definition) is 0. The second-order valence-corrected chi connectivity index (χ2v) is 6.22. The molecule has 5 heteroatoms. The monoisotopic (exact) mass is 332 g/mol. The SMILES string of the molecule is O=C(c1ccc2c(c1)OCO2)N1Cc2cccn2Cc2ccccc21. The molecule has 2 aliphatic rings. The first kappa shape index (κ1) is 14.2. The van der Waals surface area contributed by atoms with Crippen molar-refractivity contribution in [3.63, 3.8) is 0 Å². The molecule has 1 aromatic heterocycles. The van der Waals surface area contributed by atoms with Crippen LogP contribution in [0.25, 0.3) is 0 Å². The van der Waals surface area contributed by atoms with Crippen LogP contribution in [0.5, 0.6) is 11.5 Å². The summed E-state index contributed by atoms with van der Waals surface area (Å²) in [6, 6.07) is 17.5. The van der Waals surface area contributed by atoms with Crippen LogP contribution in [0, 0.1) is 0 Å². The molecule has 3 aromatic rings.